The van der Waals surface area contributed by atoms with Crippen LogP contribution in [0.25, 0.3) is 117 Å². The second-order valence-corrected chi connectivity index (χ2v) is 15.8. The molecule has 0 aliphatic heterocycles. The average Bonchev–Trinajstić information content (AvgIpc) is 4.12. The third kappa shape index (κ3) is 5.04. The number of nitrogens with zero attached hydrogens (tertiary/aromatic N) is 5. The molecule has 6 heteroatoms. The van der Waals surface area contributed by atoms with Crippen LogP contribution in [0.5, 0.6) is 0 Å². The lowest BCUT2D eigenvalue weighted by Gasteiger charge is -2.19. The molecular formula is C56H35N5O. The molecule has 0 fully saturated rings. The molecule has 6 nitrogen and oxygen atoms in total. The largest absolute Gasteiger partial charge is 0.454 e. The lowest BCUT2D eigenvalue weighted by atomic mass is 10.0. The van der Waals surface area contributed by atoms with Gasteiger partial charge in [-0.1, -0.05) is 164 Å². The van der Waals surface area contributed by atoms with E-state index in [2.05, 4.69) is 184 Å². The molecule has 0 aliphatic rings. The van der Waals surface area contributed by atoms with E-state index in [9.17, 15) is 0 Å². The van der Waals surface area contributed by atoms with Gasteiger partial charge >= 0.3 is 0 Å². The summed E-state index contributed by atoms with van der Waals surface area (Å²) in [5.41, 5.74) is 13.5. The Hall–Kier alpha value is -8.48. The maximum Gasteiger partial charge on any atom is 0.168 e. The van der Waals surface area contributed by atoms with Crippen LogP contribution in [0.1, 0.15) is 0 Å². The molecule has 13 aromatic rings. The lowest BCUT2D eigenvalue weighted by Crippen LogP contribution is -2.03. The molecular weight excluding hydrogens is 759 g/mol. The predicted molar refractivity (Wildman–Crippen MR) is 254 cm³/mol. The van der Waals surface area contributed by atoms with E-state index in [0.29, 0.717) is 0 Å². The molecule has 0 atom stereocenters. The minimum Gasteiger partial charge on any atom is -0.454 e. The second-order valence-electron chi connectivity index (χ2n) is 15.8. The van der Waals surface area contributed by atoms with Gasteiger partial charge < -0.3 is 13.6 Å². The van der Waals surface area contributed by atoms with Crippen molar-refractivity contribution < 1.29 is 4.42 Å². The normalized spacial score (nSPS) is 11.9. The monoisotopic (exact) mass is 793 g/mol. The van der Waals surface area contributed by atoms with Crippen LogP contribution in [0.3, 0.4) is 0 Å². The van der Waals surface area contributed by atoms with Crippen LogP contribution in [0.4, 0.5) is 0 Å². The molecule has 62 heavy (non-hydrogen) atoms. The summed E-state index contributed by atoms with van der Waals surface area (Å²) < 4.78 is 13.8. The summed E-state index contributed by atoms with van der Waals surface area (Å²) in [4.78, 5) is 0. The first-order chi connectivity index (χ1) is 30.8. The second kappa shape index (κ2) is 13.5. The van der Waals surface area contributed by atoms with Crippen molar-refractivity contribution in [1.29, 1.82) is 0 Å². The zero-order valence-electron chi connectivity index (χ0n) is 33.4. The Bertz CT molecular complexity index is 3810. The Labute approximate surface area is 355 Å². The highest BCUT2D eigenvalue weighted by molar-refractivity contribution is 6.22. The molecule has 13 rings (SSSR count). The van der Waals surface area contributed by atoms with Crippen molar-refractivity contribution >= 4 is 65.6 Å². The molecule has 9 aromatic carbocycles. The molecule has 0 saturated heterocycles. The fourth-order valence-electron chi connectivity index (χ4n) is 9.71. The Morgan fingerprint density at radius 1 is 0.339 bits per heavy atom. The molecule has 4 heterocycles. The van der Waals surface area contributed by atoms with Gasteiger partial charge in [0.25, 0.3) is 0 Å². The third-order valence-corrected chi connectivity index (χ3v) is 12.4. The van der Waals surface area contributed by atoms with Gasteiger partial charge in [-0.05, 0) is 48.5 Å². The highest BCUT2D eigenvalue weighted by Gasteiger charge is 2.24. The smallest absolute Gasteiger partial charge is 0.168 e. The maximum absolute atomic E-state index is 6.76. The summed E-state index contributed by atoms with van der Waals surface area (Å²) >= 11 is 0. The minimum atomic E-state index is 0.783. The number of aromatic nitrogens is 5. The van der Waals surface area contributed by atoms with E-state index in [-0.39, 0.29) is 0 Å². The molecule has 0 spiro atoms. The van der Waals surface area contributed by atoms with Crippen LogP contribution in [0.15, 0.2) is 217 Å². The number of para-hydroxylation sites is 5. The standard InChI is InChI=1S/C56H35N5O/c1-3-17-36(18-4-1)55-57-58-56(37-19-5-2-6-20-37)59(55)38-31-32-43-41-23-8-13-27-48(41)60(51(43)35-38)47-26-12-7-21-39(47)40-22-9-14-28-49(40)61-50-29-15-10-24-42(50)45-33-34-46-44-25-11-16-30-52(44)62-54(46)53(45)61/h1-35H. The van der Waals surface area contributed by atoms with Crippen molar-refractivity contribution in [1.82, 2.24) is 23.9 Å². The number of furan rings is 1. The van der Waals surface area contributed by atoms with Crippen molar-refractivity contribution in [3.63, 3.8) is 0 Å². The molecule has 290 valence electrons. The quantitative estimate of drug-likeness (QED) is 0.168. The van der Waals surface area contributed by atoms with Gasteiger partial charge in [0, 0.05) is 54.6 Å². The van der Waals surface area contributed by atoms with Gasteiger partial charge in [-0.2, -0.15) is 0 Å². The van der Waals surface area contributed by atoms with Crippen molar-refractivity contribution in [2.75, 3.05) is 0 Å². The molecule has 0 radical (unpaired) electrons. The van der Waals surface area contributed by atoms with E-state index in [1.807, 2.05) is 42.5 Å². The molecule has 0 amide bonds. The summed E-state index contributed by atoms with van der Waals surface area (Å²) in [5, 5.41) is 16.5. The first kappa shape index (κ1) is 34.4. The zero-order chi connectivity index (χ0) is 40.7. The van der Waals surface area contributed by atoms with Crippen molar-refractivity contribution in [2.24, 2.45) is 0 Å². The average molecular weight is 794 g/mol. The number of hydrogen-bond donors (Lipinski definition) is 0. The fraction of sp³-hybridized carbons (Fsp3) is 0. The van der Waals surface area contributed by atoms with Crippen LogP contribution < -0.4 is 0 Å². The van der Waals surface area contributed by atoms with Crippen LogP contribution in [0.2, 0.25) is 0 Å². The molecule has 0 unspecified atom stereocenters. The molecule has 0 aliphatic carbocycles. The van der Waals surface area contributed by atoms with Crippen molar-refractivity contribution in [2.45, 2.75) is 0 Å². The number of fused-ring (bicyclic) bond motifs is 10. The summed E-state index contributed by atoms with van der Waals surface area (Å²) in [6.45, 7) is 0. The van der Waals surface area contributed by atoms with E-state index in [0.717, 1.165) is 106 Å². The van der Waals surface area contributed by atoms with Crippen LogP contribution in [-0.4, -0.2) is 23.9 Å². The first-order valence-electron chi connectivity index (χ1n) is 20.9. The lowest BCUT2D eigenvalue weighted by molar-refractivity contribution is 0.671. The Kier molecular flexibility index (Phi) is 7.50. The number of benzene rings is 9. The van der Waals surface area contributed by atoms with Gasteiger partial charge in [-0.15, -0.1) is 10.2 Å². The fourth-order valence-corrected chi connectivity index (χ4v) is 9.71. The van der Waals surface area contributed by atoms with Gasteiger partial charge in [-0.25, -0.2) is 0 Å². The van der Waals surface area contributed by atoms with Crippen molar-refractivity contribution in [3.8, 4) is 51.0 Å². The maximum atomic E-state index is 6.76. The highest BCUT2D eigenvalue weighted by Crippen LogP contribution is 2.44. The van der Waals surface area contributed by atoms with Crippen LogP contribution in [-0.2, 0) is 0 Å². The van der Waals surface area contributed by atoms with Gasteiger partial charge in [0.1, 0.15) is 5.58 Å². The predicted octanol–water partition coefficient (Wildman–Crippen LogP) is 14.4. The van der Waals surface area contributed by atoms with Crippen LogP contribution in [0, 0.1) is 0 Å². The van der Waals surface area contributed by atoms with Gasteiger partial charge in [-0.3, -0.25) is 4.57 Å². The summed E-state index contributed by atoms with van der Waals surface area (Å²) in [6, 6.07) is 75.1. The van der Waals surface area contributed by atoms with Gasteiger partial charge in [0.15, 0.2) is 17.2 Å². The minimum absolute atomic E-state index is 0.783. The molecule has 4 aromatic heterocycles. The summed E-state index contributed by atoms with van der Waals surface area (Å²) in [5.74, 6) is 1.57. The van der Waals surface area contributed by atoms with E-state index in [4.69, 9.17) is 14.6 Å². The van der Waals surface area contributed by atoms with Crippen molar-refractivity contribution in [3.05, 3.63) is 212 Å². The highest BCUT2D eigenvalue weighted by atomic mass is 16.3. The van der Waals surface area contributed by atoms with Gasteiger partial charge in [0.2, 0.25) is 0 Å². The topological polar surface area (TPSA) is 53.7 Å². The Morgan fingerprint density at radius 2 is 0.823 bits per heavy atom. The number of hydrogen-bond acceptors (Lipinski definition) is 3. The summed E-state index contributed by atoms with van der Waals surface area (Å²) in [7, 11) is 0. The molecule has 0 N–H and O–H groups in total. The molecule has 0 bridgehead atoms. The van der Waals surface area contributed by atoms with E-state index in [1.165, 1.54) is 10.8 Å². The number of rotatable bonds is 6. The first-order valence-corrected chi connectivity index (χ1v) is 20.9. The van der Waals surface area contributed by atoms with Crippen LogP contribution >= 0.6 is 0 Å². The van der Waals surface area contributed by atoms with E-state index < -0.39 is 0 Å². The van der Waals surface area contributed by atoms with Gasteiger partial charge in [0.05, 0.1) is 39.1 Å². The Morgan fingerprint density at radius 3 is 1.50 bits per heavy atom. The Balaban J connectivity index is 1.08. The SMILES string of the molecule is c1ccc(-c2nnc(-c3ccccc3)n2-c2ccc3c4ccccc4n(-c4ccccc4-c4ccccc4-n4c5ccccc5c5ccc6c7ccccc7oc6c54)c3c2)cc1. The van der Waals surface area contributed by atoms with E-state index in [1.54, 1.807) is 0 Å². The summed E-state index contributed by atoms with van der Waals surface area (Å²) in [6.07, 6.45) is 0. The zero-order valence-corrected chi connectivity index (χ0v) is 33.4. The third-order valence-electron chi connectivity index (χ3n) is 12.4. The van der Waals surface area contributed by atoms with E-state index >= 15 is 0 Å². The molecule has 0 saturated carbocycles.